The predicted octanol–water partition coefficient (Wildman–Crippen LogP) is 1.07. The largest absolute Gasteiger partial charge is 0.394 e. The molecule has 0 aliphatic carbocycles. The number of nitrogens with zero attached hydrogens (tertiary/aromatic N) is 3. The molecule has 0 aliphatic heterocycles. The van der Waals surface area contributed by atoms with Crippen molar-refractivity contribution in [1.82, 2.24) is 15.0 Å². The third kappa shape index (κ3) is 2.40. The fourth-order valence-electron chi connectivity index (χ4n) is 1.18. The van der Waals surface area contributed by atoms with Crippen molar-refractivity contribution in [3.63, 3.8) is 0 Å². The first-order valence-corrected chi connectivity index (χ1v) is 4.54. The van der Waals surface area contributed by atoms with Crippen molar-refractivity contribution in [1.29, 1.82) is 0 Å². The molecule has 0 saturated heterocycles. The molecule has 0 bridgehead atoms. The number of aromatic nitrogens is 3. The SMILES string of the molecule is Nc1cncnc1NCc1cccnc1. The van der Waals surface area contributed by atoms with Crippen molar-refractivity contribution in [2.75, 3.05) is 11.1 Å². The number of nitrogens with one attached hydrogen (secondary N) is 1. The Bertz CT molecular complexity index is 429. The van der Waals surface area contributed by atoms with Crippen LogP contribution < -0.4 is 11.1 Å². The van der Waals surface area contributed by atoms with Gasteiger partial charge in [-0.1, -0.05) is 6.07 Å². The Morgan fingerprint density at radius 3 is 2.93 bits per heavy atom. The van der Waals surface area contributed by atoms with E-state index in [0.717, 1.165) is 5.56 Å². The summed E-state index contributed by atoms with van der Waals surface area (Å²) in [5.74, 6) is 0.647. The lowest BCUT2D eigenvalue weighted by Gasteiger charge is -2.06. The molecule has 5 nitrogen and oxygen atoms in total. The molecule has 76 valence electrons. The summed E-state index contributed by atoms with van der Waals surface area (Å²) < 4.78 is 0. The van der Waals surface area contributed by atoms with Gasteiger partial charge in [-0.2, -0.15) is 0 Å². The van der Waals surface area contributed by atoms with Gasteiger partial charge < -0.3 is 11.1 Å². The Hall–Kier alpha value is -2.17. The van der Waals surface area contributed by atoms with Crippen molar-refractivity contribution < 1.29 is 0 Å². The molecule has 0 aliphatic rings. The van der Waals surface area contributed by atoms with Gasteiger partial charge in [-0.25, -0.2) is 9.97 Å². The highest BCUT2D eigenvalue weighted by Gasteiger charge is 1.98. The second kappa shape index (κ2) is 4.36. The summed E-state index contributed by atoms with van der Waals surface area (Å²) in [6.45, 7) is 0.648. The maximum absolute atomic E-state index is 5.68. The van der Waals surface area contributed by atoms with Crippen LogP contribution in [0.5, 0.6) is 0 Å². The van der Waals surface area contributed by atoms with Gasteiger partial charge in [0.1, 0.15) is 6.33 Å². The highest BCUT2D eigenvalue weighted by atomic mass is 15.0. The fourth-order valence-corrected chi connectivity index (χ4v) is 1.18. The number of pyridine rings is 1. The van der Waals surface area contributed by atoms with Gasteiger partial charge in [-0.05, 0) is 11.6 Å². The van der Waals surface area contributed by atoms with Gasteiger partial charge in [0, 0.05) is 18.9 Å². The van der Waals surface area contributed by atoms with Crippen molar-refractivity contribution >= 4 is 11.5 Å². The van der Waals surface area contributed by atoms with Crippen molar-refractivity contribution in [2.24, 2.45) is 0 Å². The molecule has 5 heteroatoms. The van der Waals surface area contributed by atoms with Crippen molar-refractivity contribution in [3.05, 3.63) is 42.6 Å². The number of hydrogen-bond acceptors (Lipinski definition) is 5. The molecule has 0 radical (unpaired) electrons. The molecule has 2 aromatic rings. The molecule has 3 N–H and O–H groups in total. The van der Waals surface area contributed by atoms with Gasteiger partial charge in [0.15, 0.2) is 5.82 Å². The van der Waals surface area contributed by atoms with E-state index in [1.54, 1.807) is 18.6 Å². The summed E-state index contributed by atoms with van der Waals surface area (Å²) in [4.78, 5) is 11.9. The Balaban J connectivity index is 2.03. The Labute approximate surface area is 87.4 Å². The van der Waals surface area contributed by atoms with E-state index in [1.165, 1.54) is 6.33 Å². The van der Waals surface area contributed by atoms with E-state index in [2.05, 4.69) is 20.3 Å². The van der Waals surface area contributed by atoms with E-state index in [-0.39, 0.29) is 0 Å². The van der Waals surface area contributed by atoms with E-state index in [0.29, 0.717) is 18.1 Å². The zero-order valence-electron chi connectivity index (χ0n) is 8.09. The Morgan fingerprint density at radius 1 is 1.27 bits per heavy atom. The number of hydrogen-bond donors (Lipinski definition) is 2. The van der Waals surface area contributed by atoms with E-state index in [4.69, 9.17) is 5.73 Å². The van der Waals surface area contributed by atoms with Crippen molar-refractivity contribution in [2.45, 2.75) is 6.54 Å². The standard InChI is InChI=1S/C10H11N5/c11-9-6-13-7-15-10(9)14-5-8-2-1-3-12-4-8/h1-4,6-7H,5,11H2,(H,13,14,15). The van der Waals surface area contributed by atoms with Crippen LogP contribution in [0.3, 0.4) is 0 Å². The van der Waals surface area contributed by atoms with E-state index in [1.807, 2.05) is 12.1 Å². The Morgan fingerprint density at radius 2 is 2.20 bits per heavy atom. The molecular weight excluding hydrogens is 190 g/mol. The molecule has 2 heterocycles. The van der Waals surface area contributed by atoms with Crippen LogP contribution in [0.15, 0.2) is 37.1 Å². The molecule has 0 fully saturated rings. The average molecular weight is 201 g/mol. The maximum Gasteiger partial charge on any atom is 0.152 e. The number of nitrogen functional groups attached to an aromatic ring is 1. The highest BCUT2D eigenvalue weighted by molar-refractivity contribution is 5.58. The van der Waals surface area contributed by atoms with E-state index >= 15 is 0 Å². The third-order valence-electron chi connectivity index (χ3n) is 1.92. The number of anilines is 2. The van der Waals surface area contributed by atoms with Crippen LogP contribution in [0, 0.1) is 0 Å². The molecule has 2 aromatic heterocycles. The zero-order chi connectivity index (χ0) is 10.5. The van der Waals surface area contributed by atoms with Gasteiger partial charge in [0.05, 0.1) is 11.9 Å². The summed E-state index contributed by atoms with van der Waals surface area (Å²) in [6, 6.07) is 3.87. The van der Waals surface area contributed by atoms with Crippen LogP contribution >= 0.6 is 0 Å². The lowest BCUT2D eigenvalue weighted by atomic mass is 10.3. The molecular formula is C10H11N5. The van der Waals surface area contributed by atoms with Crippen LogP contribution in [-0.2, 0) is 6.54 Å². The molecule has 2 rings (SSSR count). The van der Waals surface area contributed by atoms with Gasteiger partial charge in [0.25, 0.3) is 0 Å². The predicted molar refractivity (Wildman–Crippen MR) is 58.0 cm³/mol. The van der Waals surface area contributed by atoms with Crippen LogP contribution in [0.2, 0.25) is 0 Å². The molecule has 0 aromatic carbocycles. The number of rotatable bonds is 3. The minimum absolute atomic E-state index is 0.543. The topological polar surface area (TPSA) is 76.7 Å². The van der Waals surface area contributed by atoms with Crippen LogP contribution in [-0.4, -0.2) is 15.0 Å². The van der Waals surface area contributed by atoms with Crippen LogP contribution in [0.25, 0.3) is 0 Å². The summed E-state index contributed by atoms with van der Waals surface area (Å²) in [7, 11) is 0. The van der Waals surface area contributed by atoms with Gasteiger partial charge in [-0.3, -0.25) is 4.98 Å². The normalized spacial score (nSPS) is 9.87. The summed E-state index contributed by atoms with van der Waals surface area (Å²) in [5.41, 5.74) is 7.30. The minimum atomic E-state index is 0.543. The quantitative estimate of drug-likeness (QED) is 0.776. The minimum Gasteiger partial charge on any atom is -0.394 e. The first kappa shape index (κ1) is 9.39. The average Bonchev–Trinajstić information content (AvgIpc) is 2.29. The molecule has 0 saturated carbocycles. The smallest absolute Gasteiger partial charge is 0.152 e. The van der Waals surface area contributed by atoms with E-state index < -0.39 is 0 Å². The highest BCUT2D eigenvalue weighted by Crippen LogP contribution is 2.12. The van der Waals surface area contributed by atoms with Crippen LogP contribution in [0.1, 0.15) is 5.56 Å². The molecule has 0 spiro atoms. The second-order valence-electron chi connectivity index (χ2n) is 3.04. The van der Waals surface area contributed by atoms with Gasteiger partial charge in [-0.15, -0.1) is 0 Å². The first-order chi connectivity index (χ1) is 7.36. The molecule has 0 unspecified atom stereocenters. The number of nitrogens with two attached hydrogens (primary N) is 1. The fraction of sp³-hybridized carbons (Fsp3) is 0.100. The third-order valence-corrected chi connectivity index (χ3v) is 1.92. The molecule has 0 atom stereocenters. The van der Waals surface area contributed by atoms with Crippen molar-refractivity contribution in [3.8, 4) is 0 Å². The first-order valence-electron chi connectivity index (χ1n) is 4.54. The van der Waals surface area contributed by atoms with E-state index in [9.17, 15) is 0 Å². The summed E-state index contributed by atoms with van der Waals surface area (Å²) >= 11 is 0. The molecule has 15 heavy (non-hydrogen) atoms. The lowest BCUT2D eigenvalue weighted by molar-refractivity contribution is 1.07. The summed E-state index contributed by atoms with van der Waals surface area (Å²) in [6.07, 6.45) is 6.56. The van der Waals surface area contributed by atoms with Gasteiger partial charge >= 0.3 is 0 Å². The Kier molecular flexibility index (Phi) is 2.73. The van der Waals surface area contributed by atoms with Gasteiger partial charge in [0.2, 0.25) is 0 Å². The van der Waals surface area contributed by atoms with Crippen LogP contribution in [0.4, 0.5) is 11.5 Å². The maximum atomic E-state index is 5.68. The molecule has 0 amide bonds. The summed E-state index contributed by atoms with van der Waals surface area (Å²) in [5, 5.41) is 3.11. The second-order valence-corrected chi connectivity index (χ2v) is 3.04. The zero-order valence-corrected chi connectivity index (χ0v) is 8.09. The lowest BCUT2D eigenvalue weighted by Crippen LogP contribution is -2.04. The monoisotopic (exact) mass is 201 g/mol.